The Morgan fingerprint density at radius 2 is 2.43 bits per heavy atom. The summed E-state index contributed by atoms with van der Waals surface area (Å²) in [6.45, 7) is 10.2. The van der Waals surface area contributed by atoms with E-state index in [1.54, 1.807) is 0 Å². The fourth-order valence-electron chi connectivity index (χ4n) is 1.81. The van der Waals surface area contributed by atoms with Gasteiger partial charge < -0.3 is 14.8 Å². The van der Waals surface area contributed by atoms with Crippen LogP contribution in [-0.2, 0) is 9.47 Å². The first-order chi connectivity index (χ1) is 6.64. The van der Waals surface area contributed by atoms with Crippen molar-refractivity contribution < 1.29 is 9.47 Å². The maximum absolute atomic E-state index is 5.64. The Kier molecular flexibility index (Phi) is 4.42. The summed E-state index contributed by atoms with van der Waals surface area (Å²) in [5.41, 5.74) is 0.0230. The number of rotatable bonds is 5. The van der Waals surface area contributed by atoms with Gasteiger partial charge in [0.2, 0.25) is 0 Å². The Bertz CT molecular complexity index is 180. The number of hydrogen-bond donors (Lipinski definition) is 1. The third-order valence-electron chi connectivity index (χ3n) is 2.47. The molecule has 1 unspecified atom stereocenters. The van der Waals surface area contributed by atoms with Crippen LogP contribution in [0.1, 0.15) is 26.7 Å². The molecule has 0 aromatic heterocycles. The van der Waals surface area contributed by atoms with Crippen molar-refractivity contribution in [2.75, 3.05) is 19.8 Å². The van der Waals surface area contributed by atoms with Gasteiger partial charge in [-0.3, -0.25) is 0 Å². The standard InChI is InChI=1S/C11H21NO2/c1-4-13-8-6-12-10-5-7-14-11(2,3)9-10/h4,10,12H,1,5-9H2,2-3H3. The van der Waals surface area contributed by atoms with E-state index in [1.165, 1.54) is 6.26 Å². The summed E-state index contributed by atoms with van der Waals surface area (Å²) in [7, 11) is 0. The summed E-state index contributed by atoms with van der Waals surface area (Å²) in [4.78, 5) is 0. The molecular weight excluding hydrogens is 178 g/mol. The quantitative estimate of drug-likeness (QED) is 0.540. The topological polar surface area (TPSA) is 30.5 Å². The zero-order valence-corrected chi connectivity index (χ0v) is 9.21. The SMILES string of the molecule is C=COCCNC1CCOC(C)(C)C1. The third-order valence-corrected chi connectivity index (χ3v) is 2.47. The molecule has 1 rings (SSSR count). The van der Waals surface area contributed by atoms with Crippen molar-refractivity contribution >= 4 is 0 Å². The highest BCUT2D eigenvalue weighted by Crippen LogP contribution is 2.23. The van der Waals surface area contributed by atoms with Crippen molar-refractivity contribution in [2.45, 2.75) is 38.3 Å². The van der Waals surface area contributed by atoms with Crippen LogP contribution in [0, 0.1) is 0 Å². The van der Waals surface area contributed by atoms with Gasteiger partial charge in [-0.1, -0.05) is 6.58 Å². The van der Waals surface area contributed by atoms with Gasteiger partial charge in [0.05, 0.1) is 18.5 Å². The second-order valence-electron chi connectivity index (χ2n) is 4.29. The van der Waals surface area contributed by atoms with Gasteiger partial charge in [-0.25, -0.2) is 0 Å². The molecule has 0 aromatic rings. The number of nitrogens with one attached hydrogen (secondary N) is 1. The third kappa shape index (κ3) is 4.11. The van der Waals surface area contributed by atoms with Crippen LogP contribution >= 0.6 is 0 Å². The smallest absolute Gasteiger partial charge is 0.0997 e. The number of ether oxygens (including phenoxy) is 2. The molecule has 0 spiro atoms. The highest BCUT2D eigenvalue weighted by molar-refractivity contribution is 4.82. The summed E-state index contributed by atoms with van der Waals surface area (Å²) >= 11 is 0. The van der Waals surface area contributed by atoms with E-state index >= 15 is 0 Å². The lowest BCUT2D eigenvalue weighted by Crippen LogP contribution is -2.44. The average molecular weight is 199 g/mol. The Balaban J connectivity index is 2.14. The van der Waals surface area contributed by atoms with Gasteiger partial charge in [0.25, 0.3) is 0 Å². The normalized spacial score (nSPS) is 25.7. The summed E-state index contributed by atoms with van der Waals surface area (Å²) in [5, 5.41) is 3.46. The minimum atomic E-state index is 0.0230. The zero-order chi connectivity index (χ0) is 10.4. The van der Waals surface area contributed by atoms with Crippen molar-refractivity contribution in [3.63, 3.8) is 0 Å². The van der Waals surface area contributed by atoms with E-state index in [9.17, 15) is 0 Å². The highest BCUT2D eigenvalue weighted by atomic mass is 16.5. The Morgan fingerprint density at radius 1 is 1.64 bits per heavy atom. The molecule has 3 heteroatoms. The van der Waals surface area contributed by atoms with E-state index in [0.29, 0.717) is 12.6 Å². The van der Waals surface area contributed by atoms with E-state index < -0.39 is 0 Å². The first-order valence-electron chi connectivity index (χ1n) is 5.24. The molecule has 1 aliphatic rings. The number of hydrogen-bond acceptors (Lipinski definition) is 3. The molecule has 82 valence electrons. The maximum Gasteiger partial charge on any atom is 0.0997 e. The van der Waals surface area contributed by atoms with Crippen LogP contribution in [0.5, 0.6) is 0 Å². The van der Waals surface area contributed by atoms with E-state index in [2.05, 4.69) is 25.7 Å². The van der Waals surface area contributed by atoms with E-state index in [-0.39, 0.29) is 5.60 Å². The molecule has 1 aliphatic heterocycles. The van der Waals surface area contributed by atoms with Crippen LogP contribution in [0.3, 0.4) is 0 Å². The Morgan fingerprint density at radius 3 is 3.07 bits per heavy atom. The fourth-order valence-corrected chi connectivity index (χ4v) is 1.81. The summed E-state index contributed by atoms with van der Waals surface area (Å²) in [6.07, 6.45) is 3.65. The molecule has 0 amide bonds. The van der Waals surface area contributed by atoms with Crippen LogP contribution < -0.4 is 5.32 Å². The summed E-state index contributed by atoms with van der Waals surface area (Å²) in [5.74, 6) is 0. The predicted octanol–water partition coefficient (Wildman–Crippen LogP) is 1.69. The summed E-state index contributed by atoms with van der Waals surface area (Å²) < 4.78 is 10.7. The van der Waals surface area contributed by atoms with Gasteiger partial charge in [0.1, 0.15) is 0 Å². The second-order valence-corrected chi connectivity index (χ2v) is 4.29. The lowest BCUT2D eigenvalue weighted by atomic mass is 9.94. The van der Waals surface area contributed by atoms with E-state index in [0.717, 1.165) is 26.0 Å². The molecule has 1 N–H and O–H groups in total. The molecule has 3 nitrogen and oxygen atoms in total. The minimum absolute atomic E-state index is 0.0230. The largest absolute Gasteiger partial charge is 0.500 e. The molecule has 1 heterocycles. The van der Waals surface area contributed by atoms with Gasteiger partial charge >= 0.3 is 0 Å². The molecule has 1 fully saturated rings. The molecule has 0 radical (unpaired) electrons. The monoisotopic (exact) mass is 199 g/mol. The van der Waals surface area contributed by atoms with Crippen molar-refractivity contribution in [3.8, 4) is 0 Å². The average Bonchev–Trinajstić information content (AvgIpc) is 2.11. The van der Waals surface area contributed by atoms with Crippen LogP contribution in [0.4, 0.5) is 0 Å². The molecule has 14 heavy (non-hydrogen) atoms. The minimum Gasteiger partial charge on any atom is -0.500 e. The molecule has 0 aliphatic carbocycles. The lowest BCUT2D eigenvalue weighted by molar-refractivity contribution is -0.0631. The lowest BCUT2D eigenvalue weighted by Gasteiger charge is -2.35. The van der Waals surface area contributed by atoms with Gasteiger partial charge in [-0.15, -0.1) is 0 Å². The van der Waals surface area contributed by atoms with Crippen LogP contribution in [0.15, 0.2) is 12.8 Å². The zero-order valence-electron chi connectivity index (χ0n) is 9.21. The van der Waals surface area contributed by atoms with Crippen LogP contribution in [0.25, 0.3) is 0 Å². The first kappa shape index (κ1) is 11.5. The molecule has 0 saturated carbocycles. The van der Waals surface area contributed by atoms with Gasteiger partial charge in [-0.05, 0) is 26.7 Å². The summed E-state index contributed by atoms with van der Waals surface area (Å²) in [6, 6.07) is 0.562. The van der Waals surface area contributed by atoms with Crippen molar-refractivity contribution in [1.29, 1.82) is 0 Å². The second kappa shape index (κ2) is 5.37. The Labute approximate surface area is 86.5 Å². The molecular formula is C11H21NO2. The fraction of sp³-hybridized carbons (Fsp3) is 0.818. The van der Waals surface area contributed by atoms with Gasteiger partial charge in [0.15, 0.2) is 0 Å². The maximum atomic E-state index is 5.64. The van der Waals surface area contributed by atoms with E-state index in [1.807, 2.05) is 0 Å². The van der Waals surface area contributed by atoms with Gasteiger partial charge in [0, 0.05) is 19.2 Å². The van der Waals surface area contributed by atoms with Crippen molar-refractivity contribution in [3.05, 3.63) is 12.8 Å². The molecule has 1 saturated heterocycles. The molecule has 1 atom stereocenters. The van der Waals surface area contributed by atoms with Gasteiger partial charge in [-0.2, -0.15) is 0 Å². The van der Waals surface area contributed by atoms with E-state index in [4.69, 9.17) is 9.47 Å². The molecule has 0 aromatic carbocycles. The van der Waals surface area contributed by atoms with Crippen molar-refractivity contribution in [2.24, 2.45) is 0 Å². The highest BCUT2D eigenvalue weighted by Gasteiger charge is 2.28. The van der Waals surface area contributed by atoms with Crippen LogP contribution in [-0.4, -0.2) is 31.4 Å². The Hall–Kier alpha value is -0.540. The van der Waals surface area contributed by atoms with Crippen molar-refractivity contribution in [1.82, 2.24) is 5.32 Å². The van der Waals surface area contributed by atoms with Crippen LogP contribution in [0.2, 0.25) is 0 Å². The first-order valence-corrected chi connectivity index (χ1v) is 5.24. The molecule has 0 bridgehead atoms. The predicted molar refractivity (Wildman–Crippen MR) is 57.2 cm³/mol.